The number of carbonyl (C=O) groups is 1. The smallest absolute Gasteiger partial charge is 0.280 e. The summed E-state index contributed by atoms with van der Waals surface area (Å²) in [5.41, 5.74) is 1.89. The third-order valence-corrected chi connectivity index (χ3v) is 4.62. The van der Waals surface area contributed by atoms with Crippen LogP contribution in [0.1, 0.15) is 10.5 Å². The van der Waals surface area contributed by atoms with Crippen molar-refractivity contribution in [2.75, 3.05) is 5.32 Å². The number of amides is 1. The highest BCUT2D eigenvalue weighted by Crippen LogP contribution is 2.28. The third-order valence-electron chi connectivity index (χ3n) is 3.37. The van der Waals surface area contributed by atoms with Crippen LogP contribution in [0.25, 0.3) is 22.8 Å². The van der Waals surface area contributed by atoms with Crippen LogP contribution in [0.4, 0.5) is 5.13 Å². The number of rotatable bonds is 4. The molecular weight excluding hydrogens is 406 g/mol. The molecule has 3 aromatic heterocycles. The van der Waals surface area contributed by atoms with Gasteiger partial charge in [-0.25, -0.2) is 9.97 Å². The van der Waals surface area contributed by atoms with Gasteiger partial charge in [0, 0.05) is 15.4 Å². The molecule has 0 fully saturated rings. The molecule has 0 aliphatic rings. The van der Waals surface area contributed by atoms with Gasteiger partial charge in [0.1, 0.15) is 0 Å². The first-order valence-corrected chi connectivity index (χ1v) is 8.88. The Morgan fingerprint density at radius 1 is 1.20 bits per heavy atom. The number of oxazole rings is 1. The predicted octanol–water partition coefficient (Wildman–Crippen LogP) is 5.07. The molecule has 1 N–H and O–H groups in total. The molecule has 1 amide bonds. The predicted molar refractivity (Wildman–Crippen MR) is 97.4 cm³/mol. The van der Waals surface area contributed by atoms with Crippen LogP contribution in [0.5, 0.6) is 0 Å². The summed E-state index contributed by atoms with van der Waals surface area (Å²) in [6, 6.07) is 11.2. The lowest BCUT2D eigenvalue weighted by atomic mass is 10.2. The van der Waals surface area contributed by atoms with E-state index in [2.05, 4.69) is 31.2 Å². The molecule has 4 aromatic rings. The first kappa shape index (κ1) is 15.8. The van der Waals surface area contributed by atoms with Gasteiger partial charge in [0.2, 0.25) is 5.76 Å². The van der Waals surface area contributed by atoms with Crippen molar-refractivity contribution >= 4 is 38.3 Å². The second-order valence-corrected chi connectivity index (χ2v) is 6.78. The second-order valence-electron chi connectivity index (χ2n) is 5.01. The quantitative estimate of drug-likeness (QED) is 0.502. The molecule has 0 bridgehead atoms. The fourth-order valence-electron chi connectivity index (χ4n) is 2.26. The Labute approximate surface area is 154 Å². The number of furan rings is 1. The van der Waals surface area contributed by atoms with Crippen molar-refractivity contribution < 1.29 is 13.6 Å². The van der Waals surface area contributed by atoms with Gasteiger partial charge in [-0.15, -0.1) is 11.3 Å². The Morgan fingerprint density at radius 3 is 2.92 bits per heavy atom. The molecule has 0 unspecified atom stereocenters. The molecule has 4 rings (SSSR count). The van der Waals surface area contributed by atoms with Crippen LogP contribution in [0.2, 0.25) is 0 Å². The van der Waals surface area contributed by atoms with Crippen molar-refractivity contribution in [2.45, 2.75) is 0 Å². The van der Waals surface area contributed by atoms with E-state index in [4.69, 9.17) is 8.83 Å². The molecule has 25 heavy (non-hydrogen) atoms. The normalized spacial score (nSPS) is 10.8. The van der Waals surface area contributed by atoms with E-state index in [1.54, 1.807) is 12.1 Å². The largest absolute Gasteiger partial charge is 0.461 e. The lowest BCUT2D eigenvalue weighted by Crippen LogP contribution is -2.13. The highest BCUT2D eigenvalue weighted by atomic mass is 79.9. The zero-order valence-corrected chi connectivity index (χ0v) is 15.0. The highest BCUT2D eigenvalue weighted by molar-refractivity contribution is 9.10. The Bertz CT molecular complexity index is 1020. The van der Waals surface area contributed by atoms with E-state index in [9.17, 15) is 4.79 Å². The molecular formula is C17H10BrN3O3S. The number of nitrogens with one attached hydrogen (secondary N) is 1. The van der Waals surface area contributed by atoms with Crippen LogP contribution < -0.4 is 5.32 Å². The molecule has 0 aliphatic carbocycles. The van der Waals surface area contributed by atoms with Crippen molar-refractivity contribution in [3.05, 3.63) is 64.6 Å². The minimum absolute atomic E-state index is 0.147. The first-order valence-electron chi connectivity index (χ1n) is 7.21. The van der Waals surface area contributed by atoms with Crippen LogP contribution >= 0.6 is 27.3 Å². The van der Waals surface area contributed by atoms with Crippen molar-refractivity contribution in [1.29, 1.82) is 0 Å². The Kier molecular flexibility index (Phi) is 4.21. The van der Waals surface area contributed by atoms with Gasteiger partial charge in [-0.3, -0.25) is 10.1 Å². The molecule has 0 spiro atoms. The molecule has 0 saturated carbocycles. The first-order chi connectivity index (χ1) is 12.2. The monoisotopic (exact) mass is 415 g/mol. The van der Waals surface area contributed by atoms with Crippen LogP contribution in [-0.2, 0) is 0 Å². The van der Waals surface area contributed by atoms with Crippen molar-refractivity contribution in [3.63, 3.8) is 0 Å². The number of thiazole rings is 1. The maximum absolute atomic E-state index is 12.5. The molecule has 1 aromatic carbocycles. The van der Waals surface area contributed by atoms with Gasteiger partial charge < -0.3 is 8.83 Å². The number of halogens is 1. The van der Waals surface area contributed by atoms with E-state index in [1.165, 1.54) is 24.0 Å². The number of nitrogens with zero attached hydrogens (tertiary/aromatic N) is 2. The number of aromatic nitrogens is 2. The fraction of sp³-hybridized carbons (Fsp3) is 0. The molecule has 124 valence electrons. The molecule has 8 heteroatoms. The number of benzene rings is 1. The number of anilines is 1. The molecule has 3 heterocycles. The molecule has 0 radical (unpaired) electrons. The summed E-state index contributed by atoms with van der Waals surface area (Å²) in [5.74, 6) is 0.318. The maximum Gasteiger partial charge on any atom is 0.280 e. The summed E-state index contributed by atoms with van der Waals surface area (Å²) in [6.45, 7) is 0. The van der Waals surface area contributed by atoms with Gasteiger partial charge >= 0.3 is 0 Å². The highest BCUT2D eigenvalue weighted by Gasteiger charge is 2.21. The Hall–Kier alpha value is -2.71. The number of carbonyl (C=O) groups excluding carboxylic acids is 1. The van der Waals surface area contributed by atoms with Gasteiger partial charge in [-0.1, -0.05) is 28.1 Å². The van der Waals surface area contributed by atoms with Crippen LogP contribution in [0.15, 0.2) is 67.7 Å². The summed E-state index contributed by atoms with van der Waals surface area (Å²) >= 11 is 4.78. The molecule has 0 saturated heterocycles. The molecule has 0 atom stereocenters. The maximum atomic E-state index is 12.5. The summed E-state index contributed by atoms with van der Waals surface area (Å²) < 4.78 is 11.5. The van der Waals surface area contributed by atoms with Gasteiger partial charge in [0.05, 0.1) is 12.0 Å². The lowest BCUT2D eigenvalue weighted by molar-refractivity contribution is 0.102. The van der Waals surface area contributed by atoms with Crippen LogP contribution in [0, 0.1) is 0 Å². The molecule has 6 nitrogen and oxygen atoms in total. The van der Waals surface area contributed by atoms with E-state index < -0.39 is 5.91 Å². The van der Waals surface area contributed by atoms with E-state index in [0.717, 1.165) is 15.7 Å². The van der Waals surface area contributed by atoms with Gasteiger partial charge in [0.25, 0.3) is 5.91 Å². The molecule has 0 aliphatic heterocycles. The summed E-state index contributed by atoms with van der Waals surface area (Å²) in [6.07, 6.45) is 2.71. The van der Waals surface area contributed by atoms with E-state index in [-0.39, 0.29) is 11.5 Å². The summed E-state index contributed by atoms with van der Waals surface area (Å²) in [4.78, 5) is 20.9. The van der Waals surface area contributed by atoms with Crippen molar-refractivity contribution in [1.82, 2.24) is 9.97 Å². The van der Waals surface area contributed by atoms with E-state index in [1.807, 2.05) is 29.6 Å². The minimum atomic E-state index is -0.407. The zero-order chi connectivity index (χ0) is 17.2. The Morgan fingerprint density at radius 2 is 2.12 bits per heavy atom. The summed E-state index contributed by atoms with van der Waals surface area (Å²) in [7, 11) is 0. The standard InChI is InChI=1S/C17H10BrN3O3S/c18-11-4-1-3-10(7-11)12-8-25-17(20-12)21-16(22)14-15(24-9-19-14)13-5-2-6-23-13/h1-9H,(H,20,21,22). The Balaban J connectivity index is 1.56. The topological polar surface area (TPSA) is 81.2 Å². The average Bonchev–Trinajstić information content (AvgIpc) is 3.35. The van der Waals surface area contributed by atoms with Crippen molar-refractivity contribution in [2.24, 2.45) is 0 Å². The number of hydrogen-bond acceptors (Lipinski definition) is 6. The zero-order valence-electron chi connectivity index (χ0n) is 12.6. The third kappa shape index (κ3) is 3.26. The van der Waals surface area contributed by atoms with Crippen LogP contribution in [-0.4, -0.2) is 15.9 Å². The van der Waals surface area contributed by atoms with Crippen molar-refractivity contribution in [3.8, 4) is 22.8 Å². The SMILES string of the molecule is O=C(Nc1nc(-c2cccc(Br)c2)cs1)c1ncoc1-c1ccco1. The lowest BCUT2D eigenvalue weighted by Gasteiger charge is -2.00. The van der Waals surface area contributed by atoms with Gasteiger partial charge in [0.15, 0.2) is 23.0 Å². The van der Waals surface area contributed by atoms with Crippen LogP contribution in [0.3, 0.4) is 0 Å². The van der Waals surface area contributed by atoms with Gasteiger partial charge in [-0.2, -0.15) is 0 Å². The number of hydrogen-bond donors (Lipinski definition) is 1. The second kappa shape index (κ2) is 6.66. The average molecular weight is 416 g/mol. The van der Waals surface area contributed by atoms with E-state index in [0.29, 0.717) is 10.9 Å². The fourth-order valence-corrected chi connectivity index (χ4v) is 3.37. The van der Waals surface area contributed by atoms with E-state index >= 15 is 0 Å². The van der Waals surface area contributed by atoms with Gasteiger partial charge in [-0.05, 0) is 24.3 Å². The summed E-state index contributed by atoms with van der Waals surface area (Å²) in [5, 5.41) is 5.11. The minimum Gasteiger partial charge on any atom is -0.461 e.